The molecule has 4 fully saturated rings. The Morgan fingerprint density at radius 3 is 2.44 bits per heavy atom. The Kier molecular flexibility index (Phi) is 14.3. The molecule has 1 heterocycles. The van der Waals surface area contributed by atoms with Crippen LogP contribution in [0, 0.1) is 52.3 Å². The van der Waals surface area contributed by atoms with Crippen molar-refractivity contribution in [1.29, 1.82) is 0 Å². The van der Waals surface area contributed by atoms with Crippen molar-refractivity contribution in [3.05, 3.63) is 11.6 Å². The van der Waals surface area contributed by atoms with Crippen LogP contribution in [0.5, 0.6) is 0 Å². The molecule has 1 saturated heterocycles. The third-order valence-corrected chi connectivity index (χ3v) is 15.2. The van der Waals surface area contributed by atoms with Gasteiger partial charge in [0.15, 0.2) is 6.29 Å². The van der Waals surface area contributed by atoms with Crippen LogP contribution in [0.2, 0.25) is 0 Å². The molecule has 9 heteroatoms. The van der Waals surface area contributed by atoms with Crippen molar-refractivity contribution in [2.24, 2.45) is 52.3 Å². The van der Waals surface area contributed by atoms with E-state index < -0.39 is 36.8 Å². The van der Waals surface area contributed by atoms with Gasteiger partial charge in [0.25, 0.3) is 0 Å². The molecule has 5 rings (SSSR count). The number of alkyl carbamates (subject to hydrolysis) is 1. The number of fused-ring (bicyclic) bond motifs is 5. The van der Waals surface area contributed by atoms with Gasteiger partial charge in [0.2, 0.25) is 0 Å². The van der Waals surface area contributed by atoms with Gasteiger partial charge in [0, 0.05) is 13.0 Å². The van der Waals surface area contributed by atoms with E-state index in [0.29, 0.717) is 18.6 Å². The van der Waals surface area contributed by atoms with Crippen LogP contribution in [0.4, 0.5) is 4.79 Å². The maximum atomic E-state index is 12.8. The molecule has 11 unspecified atom stereocenters. The Bertz CT molecular complexity index is 1200. The topological polar surface area (TPSA) is 138 Å². The minimum Gasteiger partial charge on any atom is -0.446 e. The molecule has 0 radical (unpaired) electrons. The second-order valence-corrected chi connectivity index (χ2v) is 19.0. The molecule has 14 atom stereocenters. The summed E-state index contributed by atoms with van der Waals surface area (Å²) in [6, 6.07) is 0. The first-order valence-electron chi connectivity index (χ1n) is 21.2. The number of carbonyl (C=O) groups is 1. The van der Waals surface area contributed by atoms with Gasteiger partial charge in [0.1, 0.15) is 30.0 Å². The Labute approximate surface area is 315 Å². The summed E-state index contributed by atoms with van der Waals surface area (Å²) in [5.74, 6) is 5.12. The fourth-order valence-corrected chi connectivity index (χ4v) is 11.7. The summed E-state index contributed by atoms with van der Waals surface area (Å²) in [5, 5.41) is 43.4. The summed E-state index contributed by atoms with van der Waals surface area (Å²) >= 11 is 0. The van der Waals surface area contributed by atoms with Crippen LogP contribution in [-0.4, -0.2) is 82.6 Å². The number of unbranched alkanes of at least 4 members (excludes halogenated alkanes) is 1. The quantitative estimate of drug-likeness (QED) is 0.0812. The van der Waals surface area contributed by atoms with E-state index in [4.69, 9.17) is 14.2 Å². The molecule has 1 amide bonds. The highest BCUT2D eigenvalue weighted by atomic mass is 16.7. The minimum atomic E-state index is -1.47. The molecule has 0 aromatic rings. The summed E-state index contributed by atoms with van der Waals surface area (Å²) in [7, 11) is 0. The smallest absolute Gasteiger partial charge is 0.407 e. The SMILES string of the molecule is CCC(CCCCNC(=O)OC1CC[C@@]2(C)C(=CCC3C4CCC(C(C)CCCC(C)C)[C@@]4(C)CCC32)C1)COC1OC(C)(CO)[C@@H](O)C(O)C1O. The Morgan fingerprint density at radius 1 is 0.962 bits per heavy atom. The van der Waals surface area contributed by atoms with Crippen LogP contribution >= 0.6 is 0 Å². The van der Waals surface area contributed by atoms with Crippen LogP contribution < -0.4 is 5.32 Å². The van der Waals surface area contributed by atoms with E-state index in [0.717, 1.165) is 80.5 Å². The summed E-state index contributed by atoms with van der Waals surface area (Å²) in [4.78, 5) is 12.8. The van der Waals surface area contributed by atoms with E-state index in [1.807, 2.05) is 0 Å². The molecular formula is C43H75NO8. The summed E-state index contributed by atoms with van der Waals surface area (Å²) in [6.07, 6.45) is 14.0. The molecule has 5 aliphatic rings. The normalized spacial score (nSPS) is 41.4. The fourth-order valence-electron chi connectivity index (χ4n) is 11.7. The van der Waals surface area contributed by atoms with Crippen molar-refractivity contribution < 1.29 is 39.4 Å². The Hall–Kier alpha value is -1.23. The second-order valence-electron chi connectivity index (χ2n) is 19.0. The number of nitrogens with one attached hydrogen (secondary N) is 1. The standard InChI is InChI=1S/C43H75NO8/c1-8-29(25-50-39-37(47)36(46)38(48)43(7,26-45)52-39)14-9-10-23-44-40(49)51-31-19-21-41(5)30(24-31)15-16-32-34-18-17-33(28(4)13-11-12-27(2)3)42(34,6)22-20-35(32)41/h15,27-29,31-39,45-48H,8-14,16-26H2,1-7H3,(H,44,49)/t28?,29?,31?,32?,33?,34?,35?,36?,37?,38-,39?,41-,42+,43?/m0/s1. The first kappa shape index (κ1) is 41.9. The predicted molar refractivity (Wildman–Crippen MR) is 203 cm³/mol. The lowest BCUT2D eigenvalue weighted by molar-refractivity contribution is -0.335. The lowest BCUT2D eigenvalue weighted by Crippen LogP contribution is -2.65. The molecule has 300 valence electrons. The van der Waals surface area contributed by atoms with Crippen molar-refractivity contribution in [3.8, 4) is 0 Å². The summed E-state index contributed by atoms with van der Waals surface area (Å²) < 4.78 is 17.5. The molecule has 0 spiro atoms. The number of aliphatic hydroxyl groups excluding tert-OH is 4. The van der Waals surface area contributed by atoms with E-state index >= 15 is 0 Å². The average Bonchev–Trinajstić information content (AvgIpc) is 3.47. The lowest BCUT2D eigenvalue weighted by Gasteiger charge is -2.58. The Morgan fingerprint density at radius 2 is 1.73 bits per heavy atom. The third-order valence-electron chi connectivity index (χ3n) is 15.2. The summed E-state index contributed by atoms with van der Waals surface area (Å²) in [6.45, 7) is 16.4. The van der Waals surface area contributed by atoms with Gasteiger partial charge in [-0.05, 0) is 117 Å². The number of carbonyl (C=O) groups excluding carboxylic acids is 1. The number of rotatable bonds is 16. The molecule has 1 aliphatic heterocycles. The number of hydrogen-bond donors (Lipinski definition) is 5. The highest BCUT2D eigenvalue weighted by Gasteiger charge is 2.59. The van der Waals surface area contributed by atoms with Crippen LogP contribution in [-0.2, 0) is 14.2 Å². The van der Waals surface area contributed by atoms with Gasteiger partial charge in [0.05, 0.1) is 13.2 Å². The first-order chi connectivity index (χ1) is 24.7. The number of allylic oxidation sites excluding steroid dienone is 1. The van der Waals surface area contributed by atoms with Crippen LogP contribution in [0.1, 0.15) is 145 Å². The maximum absolute atomic E-state index is 12.8. The molecule has 3 saturated carbocycles. The van der Waals surface area contributed by atoms with E-state index in [1.54, 1.807) is 5.57 Å². The van der Waals surface area contributed by atoms with Gasteiger partial charge in [-0.2, -0.15) is 0 Å². The lowest BCUT2D eigenvalue weighted by atomic mass is 9.47. The van der Waals surface area contributed by atoms with Gasteiger partial charge in [-0.25, -0.2) is 4.79 Å². The van der Waals surface area contributed by atoms with Gasteiger partial charge >= 0.3 is 6.09 Å². The number of amides is 1. The molecule has 5 N–H and O–H groups in total. The van der Waals surface area contributed by atoms with Gasteiger partial charge in [-0.3, -0.25) is 0 Å². The zero-order valence-corrected chi connectivity index (χ0v) is 33.7. The number of ether oxygens (including phenoxy) is 3. The highest BCUT2D eigenvalue weighted by Crippen LogP contribution is 2.67. The number of aliphatic hydroxyl groups is 4. The molecule has 0 aromatic carbocycles. The van der Waals surface area contributed by atoms with Crippen molar-refractivity contribution in [3.63, 3.8) is 0 Å². The van der Waals surface area contributed by atoms with Gasteiger partial charge < -0.3 is 40.0 Å². The zero-order valence-electron chi connectivity index (χ0n) is 33.7. The van der Waals surface area contributed by atoms with Crippen LogP contribution in [0.3, 0.4) is 0 Å². The van der Waals surface area contributed by atoms with E-state index in [2.05, 4.69) is 52.9 Å². The maximum Gasteiger partial charge on any atom is 0.407 e. The van der Waals surface area contributed by atoms with Crippen LogP contribution in [0.15, 0.2) is 11.6 Å². The van der Waals surface area contributed by atoms with Crippen molar-refractivity contribution in [2.45, 2.75) is 181 Å². The fraction of sp³-hybridized carbons (Fsp3) is 0.930. The monoisotopic (exact) mass is 734 g/mol. The predicted octanol–water partition coefficient (Wildman–Crippen LogP) is 7.53. The first-order valence-corrected chi connectivity index (χ1v) is 21.2. The summed E-state index contributed by atoms with van der Waals surface area (Å²) in [5.41, 5.74) is 0.865. The molecule has 0 bridgehead atoms. The van der Waals surface area contributed by atoms with Gasteiger partial charge in [-0.15, -0.1) is 0 Å². The Balaban J connectivity index is 1.02. The second kappa shape index (κ2) is 17.7. The average molecular weight is 734 g/mol. The van der Waals surface area contributed by atoms with E-state index in [-0.39, 0.29) is 23.5 Å². The molecule has 0 aromatic heterocycles. The molecule has 4 aliphatic carbocycles. The third kappa shape index (κ3) is 8.91. The van der Waals surface area contributed by atoms with Crippen molar-refractivity contribution in [2.75, 3.05) is 19.8 Å². The van der Waals surface area contributed by atoms with Gasteiger partial charge in [-0.1, -0.05) is 85.3 Å². The molecule has 52 heavy (non-hydrogen) atoms. The highest BCUT2D eigenvalue weighted by molar-refractivity contribution is 5.67. The number of hydrogen-bond acceptors (Lipinski definition) is 8. The minimum absolute atomic E-state index is 0.0569. The molecular weight excluding hydrogens is 658 g/mol. The molecule has 9 nitrogen and oxygen atoms in total. The van der Waals surface area contributed by atoms with E-state index in [1.165, 1.54) is 58.3 Å². The van der Waals surface area contributed by atoms with Crippen LogP contribution in [0.25, 0.3) is 0 Å². The largest absolute Gasteiger partial charge is 0.446 e. The van der Waals surface area contributed by atoms with Crippen molar-refractivity contribution in [1.82, 2.24) is 5.32 Å². The van der Waals surface area contributed by atoms with Crippen molar-refractivity contribution >= 4 is 6.09 Å². The zero-order chi connectivity index (χ0) is 37.8. The van der Waals surface area contributed by atoms with E-state index in [9.17, 15) is 25.2 Å².